The summed E-state index contributed by atoms with van der Waals surface area (Å²) in [6.07, 6.45) is 4.13. The minimum atomic E-state index is -0.610. The fourth-order valence-electron chi connectivity index (χ4n) is 4.63. The molecule has 9 heteroatoms. The van der Waals surface area contributed by atoms with E-state index in [0.29, 0.717) is 30.9 Å². The Kier molecular flexibility index (Phi) is 4.36. The number of nitrogens with zero attached hydrogens (tertiary/aromatic N) is 4. The molecule has 1 unspecified atom stereocenters. The van der Waals surface area contributed by atoms with Crippen LogP contribution < -0.4 is 10.6 Å². The van der Waals surface area contributed by atoms with E-state index in [2.05, 4.69) is 15.6 Å². The molecule has 1 saturated heterocycles. The fraction of sp³-hybridized carbons (Fsp3) is 0.208. The van der Waals surface area contributed by atoms with E-state index in [1.165, 1.54) is 0 Å². The van der Waals surface area contributed by atoms with Crippen LogP contribution in [0.25, 0.3) is 16.6 Å². The summed E-state index contributed by atoms with van der Waals surface area (Å²) in [5, 5.41) is 5.71. The molecule has 0 spiro atoms. The molecule has 2 aromatic heterocycles. The van der Waals surface area contributed by atoms with Gasteiger partial charge in [-0.2, -0.15) is 0 Å². The highest BCUT2D eigenvalue weighted by molar-refractivity contribution is 6.05. The number of carbonyl (C=O) groups excluding carboxylic acids is 3. The van der Waals surface area contributed by atoms with Crippen LogP contribution in [0.3, 0.4) is 0 Å². The number of nitrogens with one attached hydrogen (secondary N) is 2. The maximum atomic E-state index is 13.1. The minimum Gasteiger partial charge on any atom is -0.364 e. The third-order valence-corrected chi connectivity index (χ3v) is 6.31. The van der Waals surface area contributed by atoms with Gasteiger partial charge in [-0.15, -0.1) is 0 Å². The highest BCUT2D eigenvalue weighted by atomic mass is 16.2. The lowest BCUT2D eigenvalue weighted by molar-refractivity contribution is -0.136. The molecule has 0 aliphatic carbocycles. The molecule has 1 fully saturated rings. The molecule has 2 aliphatic rings. The van der Waals surface area contributed by atoms with Gasteiger partial charge in [0, 0.05) is 25.1 Å². The first-order chi connectivity index (χ1) is 16.1. The Balaban J connectivity index is 1.24. The Morgan fingerprint density at radius 2 is 1.97 bits per heavy atom. The summed E-state index contributed by atoms with van der Waals surface area (Å²) in [4.78, 5) is 47.3. The van der Waals surface area contributed by atoms with Gasteiger partial charge in [-0.1, -0.05) is 24.3 Å². The number of para-hydroxylation sites is 2. The number of carbonyl (C=O) groups is 3. The zero-order chi connectivity index (χ0) is 22.5. The van der Waals surface area contributed by atoms with Crippen LogP contribution in [0.1, 0.15) is 34.3 Å². The third kappa shape index (κ3) is 3.20. The quantitative estimate of drug-likeness (QED) is 0.471. The summed E-state index contributed by atoms with van der Waals surface area (Å²) in [5.41, 5.74) is 5.12. The van der Waals surface area contributed by atoms with Crippen molar-refractivity contribution in [3.8, 4) is 0 Å². The van der Waals surface area contributed by atoms with E-state index in [1.54, 1.807) is 17.4 Å². The molecule has 2 aliphatic heterocycles. The van der Waals surface area contributed by atoms with E-state index in [-0.39, 0.29) is 18.2 Å². The monoisotopic (exact) mass is 440 g/mol. The van der Waals surface area contributed by atoms with Gasteiger partial charge in [-0.25, -0.2) is 9.97 Å². The van der Waals surface area contributed by atoms with Crippen LogP contribution >= 0.6 is 0 Å². The lowest BCUT2D eigenvalue weighted by atomic mass is 10.0. The second-order valence-electron chi connectivity index (χ2n) is 8.34. The first-order valence-electron chi connectivity index (χ1n) is 10.8. The van der Waals surface area contributed by atoms with E-state index < -0.39 is 11.9 Å². The van der Waals surface area contributed by atoms with Gasteiger partial charge in [0.05, 0.1) is 23.6 Å². The lowest BCUT2D eigenvalue weighted by Gasteiger charge is -2.29. The lowest BCUT2D eigenvalue weighted by Crippen LogP contribution is -2.52. The number of piperidine rings is 1. The average molecular weight is 440 g/mol. The highest BCUT2D eigenvalue weighted by Crippen LogP contribution is 2.29. The number of anilines is 1. The molecule has 0 saturated carbocycles. The molecule has 4 heterocycles. The number of hydrogen-bond donors (Lipinski definition) is 2. The van der Waals surface area contributed by atoms with Crippen molar-refractivity contribution < 1.29 is 14.4 Å². The van der Waals surface area contributed by atoms with E-state index in [4.69, 9.17) is 4.98 Å². The molecule has 9 nitrogen and oxygen atoms in total. The second kappa shape index (κ2) is 7.40. The summed E-state index contributed by atoms with van der Waals surface area (Å²) in [6, 6.07) is 13.0. The molecule has 2 aromatic carbocycles. The largest absolute Gasteiger partial charge is 0.364 e. The van der Waals surface area contributed by atoms with Gasteiger partial charge in [-0.05, 0) is 35.7 Å². The first kappa shape index (κ1) is 19.4. The summed E-state index contributed by atoms with van der Waals surface area (Å²) in [5.74, 6) is -0.156. The van der Waals surface area contributed by atoms with Crippen LogP contribution in [0.2, 0.25) is 0 Å². The van der Waals surface area contributed by atoms with Gasteiger partial charge in [0.2, 0.25) is 11.8 Å². The molecule has 6 rings (SSSR count). The Bertz CT molecular complexity index is 1460. The van der Waals surface area contributed by atoms with Crippen molar-refractivity contribution in [2.45, 2.75) is 32.0 Å². The van der Waals surface area contributed by atoms with Crippen molar-refractivity contribution in [2.75, 3.05) is 5.32 Å². The van der Waals surface area contributed by atoms with Crippen molar-refractivity contribution in [1.82, 2.24) is 24.6 Å². The maximum Gasteiger partial charge on any atom is 0.255 e. The number of fused-ring (bicyclic) bond motifs is 4. The smallest absolute Gasteiger partial charge is 0.255 e. The molecular formula is C24H20N6O3. The molecule has 0 radical (unpaired) electrons. The van der Waals surface area contributed by atoms with Crippen LogP contribution in [-0.4, -0.2) is 43.0 Å². The normalized spacial score (nSPS) is 18.1. The van der Waals surface area contributed by atoms with Crippen LogP contribution in [-0.2, 0) is 22.7 Å². The Hall–Kier alpha value is -4.27. The van der Waals surface area contributed by atoms with Crippen molar-refractivity contribution in [1.29, 1.82) is 0 Å². The predicted molar refractivity (Wildman–Crippen MR) is 120 cm³/mol. The van der Waals surface area contributed by atoms with E-state index in [0.717, 1.165) is 27.7 Å². The molecule has 3 amide bonds. The van der Waals surface area contributed by atoms with E-state index in [1.807, 2.05) is 46.9 Å². The molecule has 2 N–H and O–H groups in total. The number of imidazole rings is 1. The Labute approximate surface area is 188 Å². The van der Waals surface area contributed by atoms with Crippen LogP contribution in [0, 0.1) is 0 Å². The molecule has 33 heavy (non-hydrogen) atoms. The van der Waals surface area contributed by atoms with Gasteiger partial charge in [-0.3, -0.25) is 24.1 Å². The fourth-order valence-corrected chi connectivity index (χ4v) is 4.63. The summed E-state index contributed by atoms with van der Waals surface area (Å²) in [7, 11) is 0. The minimum absolute atomic E-state index is 0.177. The van der Waals surface area contributed by atoms with Crippen LogP contribution in [0.5, 0.6) is 0 Å². The summed E-state index contributed by atoms with van der Waals surface area (Å²) < 4.78 is 1.99. The third-order valence-electron chi connectivity index (χ3n) is 6.31. The zero-order valence-electron chi connectivity index (χ0n) is 17.6. The van der Waals surface area contributed by atoms with Crippen molar-refractivity contribution in [3.05, 3.63) is 71.7 Å². The molecule has 4 aromatic rings. The number of imide groups is 1. The molecular weight excluding hydrogens is 420 g/mol. The number of rotatable bonds is 4. The SMILES string of the molecule is O=C1CCC(N2Cc3ccc(CNc4nc5ccccc5n5cncc45)cc3C2=O)C(=O)N1. The number of hydrogen-bond acceptors (Lipinski definition) is 6. The molecule has 1 atom stereocenters. The summed E-state index contributed by atoms with van der Waals surface area (Å²) >= 11 is 0. The Morgan fingerprint density at radius 1 is 1.09 bits per heavy atom. The predicted octanol–water partition coefficient (Wildman–Crippen LogP) is 2.26. The topological polar surface area (TPSA) is 109 Å². The van der Waals surface area contributed by atoms with Gasteiger partial charge in [0.25, 0.3) is 5.91 Å². The molecule has 0 bridgehead atoms. The standard InChI is InChI=1S/C24H20N6O3/c31-21-8-7-19(23(32)28-21)29-12-15-6-5-14(9-16(15)24(29)33)10-26-22-20-11-25-13-30(20)18-4-2-1-3-17(18)27-22/h1-6,9,11,13,19H,7-8,10,12H2,(H,26,27)(H,28,31,32). The number of benzene rings is 2. The van der Waals surface area contributed by atoms with Crippen LogP contribution in [0.4, 0.5) is 5.82 Å². The van der Waals surface area contributed by atoms with E-state index >= 15 is 0 Å². The average Bonchev–Trinajstić information content (AvgIpc) is 3.43. The van der Waals surface area contributed by atoms with Gasteiger partial charge < -0.3 is 10.2 Å². The zero-order valence-corrected chi connectivity index (χ0v) is 17.6. The van der Waals surface area contributed by atoms with Crippen molar-refractivity contribution in [3.63, 3.8) is 0 Å². The van der Waals surface area contributed by atoms with Gasteiger partial charge in [0.1, 0.15) is 11.6 Å². The number of aromatic nitrogens is 3. The number of amides is 3. The highest BCUT2D eigenvalue weighted by Gasteiger charge is 2.39. The summed E-state index contributed by atoms with van der Waals surface area (Å²) in [6.45, 7) is 0.849. The van der Waals surface area contributed by atoms with Gasteiger partial charge >= 0.3 is 0 Å². The maximum absolute atomic E-state index is 13.1. The van der Waals surface area contributed by atoms with Crippen molar-refractivity contribution >= 4 is 40.1 Å². The van der Waals surface area contributed by atoms with Gasteiger partial charge in [0.15, 0.2) is 5.82 Å². The van der Waals surface area contributed by atoms with Crippen LogP contribution in [0.15, 0.2) is 55.0 Å². The first-order valence-corrected chi connectivity index (χ1v) is 10.8. The second-order valence-corrected chi connectivity index (χ2v) is 8.34. The van der Waals surface area contributed by atoms with Crippen molar-refractivity contribution in [2.24, 2.45) is 0 Å². The molecule has 164 valence electrons. The van der Waals surface area contributed by atoms with E-state index in [9.17, 15) is 14.4 Å². The Morgan fingerprint density at radius 3 is 2.85 bits per heavy atom.